The van der Waals surface area contributed by atoms with Crippen molar-refractivity contribution in [2.24, 2.45) is 0 Å². The summed E-state index contributed by atoms with van der Waals surface area (Å²) in [4.78, 5) is 2.00. The van der Waals surface area contributed by atoms with Crippen LogP contribution in [0.15, 0.2) is 0 Å². The molecule has 1 unspecified atom stereocenters. The molecule has 17 heavy (non-hydrogen) atoms. The summed E-state index contributed by atoms with van der Waals surface area (Å²) in [6.45, 7) is 2.28. The van der Waals surface area contributed by atoms with E-state index in [1.807, 2.05) is 26.0 Å². The van der Waals surface area contributed by atoms with E-state index in [9.17, 15) is 0 Å². The van der Waals surface area contributed by atoms with Crippen molar-refractivity contribution in [2.45, 2.75) is 71.1 Å². The average molecular weight is 261 g/mol. The van der Waals surface area contributed by atoms with E-state index in [0.717, 1.165) is 0 Å². The zero-order chi connectivity index (χ0) is 13.4. The summed E-state index contributed by atoms with van der Waals surface area (Å²) in [5, 5.41) is 0. The first kappa shape index (κ1) is 19.7. The van der Waals surface area contributed by atoms with Crippen LogP contribution in [0.1, 0.15) is 71.1 Å². The number of hydrogen-bond acceptors (Lipinski definition) is 1. The van der Waals surface area contributed by atoms with Crippen LogP contribution in [-0.2, 0) is 0 Å². The maximum Gasteiger partial charge on any atom is -0.0140 e. The fourth-order valence-electron chi connectivity index (χ4n) is 1.63. The van der Waals surface area contributed by atoms with Crippen molar-refractivity contribution in [3.63, 3.8) is 0 Å². The molecule has 0 saturated carbocycles. The third-order valence-electron chi connectivity index (χ3n) is 2.56. The van der Waals surface area contributed by atoms with E-state index in [1.165, 1.54) is 70.4 Å². The topological polar surface area (TPSA) is 3.24 Å². The van der Waals surface area contributed by atoms with Crippen LogP contribution in [0.25, 0.3) is 0 Å². The molecule has 0 fully saturated rings. The Hall–Kier alpha value is 0.390. The van der Waals surface area contributed by atoms with Gasteiger partial charge in [0.05, 0.1) is 0 Å². The molecule has 0 saturated heterocycles. The zero-order valence-electron chi connectivity index (χ0n) is 12.8. The summed E-state index contributed by atoms with van der Waals surface area (Å²) in [7, 11) is 8.81. The molecular formula is C15H36NP. The largest absolute Gasteiger partial charge is 0.312 e. The van der Waals surface area contributed by atoms with Gasteiger partial charge in [-0.05, 0) is 33.7 Å². The smallest absolute Gasteiger partial charge is 0.0140 e. The van der Waals surface area contributed by atoms with Crippen LogP contribution >= 0.6 is 9.24 Å². The quantitative estimate of drug-likeness (QED) is 0.397. The highest BCUT2D eigenvalue weighted by Gasteiger charge is 1.90. The van der Waals surface area contributed by atoms with Gasteiger partial charge in [-0.25, -0.2) is 0 Å². The number of rotatable bonds is 10. The van der Waals surface area contributed by atoms with Crippen molar-refractivity contribution < 1.29 is 0 Å². The van der Waals surface area contributed by atoms with Gasteiger partial charge in [0.25, 0.3) is 0 Å². The molecule has 0 bridgehead atoms. The normalized spacial score (nSPS) is 10.2. The van der Waals surface area contributed by atoms with E-state index in [1.54, 1.807) is 0 Å². The van der Waals surface area contributed by atoms with Crippen LogP contribution in [0.4, 0.5) is 0 Å². The molecule has 0 aliphatic rings. The predicted octanol–water partition coefficient (Wildman–Crippen LogP) is 4.96. The van der Waals surface area contributed by atoms with Crippen molar-refractivity contribution in [3.8, 4) is 0 Å². The molecule has 1 atom stereocenters. The lowest BCUT2D eigenvalue weighted by molar-refractivity contribution is 0.505. The first-order chi connectivity index (χ1) is 8.15. The molecule has 1 nitrogen and oxygen atoms in total. The fraction of sp³-hybridized carbons (Fsp3) is 1.00. The average Bonchev–Trinajstić information content (AvgIpc) is 2.26. The Morgan fingerprint density at radius 3 is 1.24 bits per heavy atom. The van der Waals surface area contributed by atoms with E-state index in [-0.39, 0.29) is 0 Å². The van der Waals surface area contributed by atoms with E-state index in [4.69, 9.17) is 0 Å². The van der Waals surface area contributed by atoms with Gasteiger partial charge in [0.15, 0.2) is 0 Å². The summed E-state index contributed by atoms with van der Waals surface area (Å²) >= 11 is 0. The summed E-state index contributed by atoms with van der Waals surface area (Å²) in [5.41, 5.74) is 0. The summed E-state index contributed by atoms with van der Waals surface area (Å²) < 4.78 is 0. The molecule has 0 heterocycles. The highest BCUT2D eigenvalue weighted by atomic mass is 31.0. The van der Waals surface area contributed by atoms with Crippen molar-refractivity contribution in [2.75, 3.05) is 27.3 Å². The Balaban J connectivity index is 0. The SMILES string of the molecule is CCCCCCCCCCCCP.CN(C)C. The van der Waals surface area contributed by atoms with Gasteiger partial charge in [-0.3, -0.25) is 0 Å². The molecule has 0 aliphatic heterocycles. The molecule has 106 valence electrons. The molecular weight excluding hydrogens is 225 g/mol. The molecule has 0 aromatic carbocycles. The van der Waals surface area contributed by atoms with Crippen LogP contribution in [0, 0.1) is 0 Å². The van der Waals surface area contributed by atoms with Crippen LogP contribution in [0.3, 0.4) is 0 Å². The molecule has 0 aromatic rings. The molecule has 0 N–H and O–H groups in total. The zero-order valence-corrected chi connectivity index (χ0v) is 14.0. The Labute approximate surface area is 113 Å². The molecule has 0 spiro atoms. The minimum Gasteiger partial charge on any atom is -0.312 e. The van der Waals surface area contributed by atoms with Crippen LogP contribution in [0.2, 0.25) is 0 Å². The van der Waals surface area contributed by atoms with Gasteiger partial charge < -0.3 is 4.90 Å². The van der Waals surface area contributed by atoms with E-state index < -0.39 is 0 Å². The number of unbranched alkanes of at least 4 members (excludes halogenated alkanes) is 9. The molecule has 0 aliphatic carbocycles. The lowest BCUT2D eigenvalue weighted by atomic mass is 10.1. The Kier molecular flexibility index (Phi) is 21.8. The van der Waals surface area contributed by atoms with Crippen LogP contribution in [0.5, 0.6) is 0 Å². The van der Waals surface area contributed by atoms with Crippen LogP contribution in [-0.4, -0.2) is 32.2 Å². The maximum atomic E-state index is 2.81. The molecule has 0 rings (SSSR count). The summed E-state index contributed by atoms with van der Waals surface area (Å²) in [6.07, 6.45) is 15.7. The maximum absolute atomic E-state index is 2.81. The first-order valence-corrected chi connectivity index (χ1v) is 8.27. The fourth-order valence-corrected chi connectivity index (χ4v) is 1.92. The molecule has 0 radical (unpaired) electrons. The standard InChI is InChI=1S/C12H27P.C3H9N/c1-2-3-4-5-6-7-8-9-10-11-12-13;1-4(2)3/h2-13H2,1H3;1-3H3. The van der Waals surface area contributed by atoms with Crippen molar-refractivity contribution in [3.05, 3.63) is 0 Å². The predicted molar refractivity (Wildman–Crippen MR) is 86.0 cm³/mol. The molecule has 0 amide bonds. The summed E-state index contributed by atoms with van der Waals surface area (Å²) in [6, 6.07) is 0. The minimum absolute atomic E-state index is 1.29. The number of hydrogen-bond donors (Lipinski definition) is 0. The van der Waals surface area contributed by atoms with Gasteiger partial charge >= 0.3 is 0 Å². The van der Waals surface area contributed by atoms with Crippen molar-refractivity contribution in [1.82, 2.24) is 4.90 Å². The van der Waals surface area contributed by atoms with Crippen LogP contribution < -0.4 is 0 Å². The molecule has 2 heteroatoms. The van der Waals surface area contributed by atoms with Crippen molar-refractivity contribution in [1.29, 1.82) is 0 Å². The Morgan fingerprint density at radius 1 is 0.647 bits per heavy atom. The lowest BCUT2D eigenvalue weighted by Crippen LogP contribution is -1.99. The van der Waals surface area contributed by atoms with E-state index in [2.05, 4.69) is 16.2 Å². The number of nitrogens with zero attached hydrogens (tertiary/aromatic N) is 1. The third kappa shape index (κ3) is 31.4. The Morgan fingerprint density at radius 2 is 0.941 bits per heavy atom. The van der Waals surface area contributed by atoms with E-state index in [0.29, 0.717) is 0 Å². The lowest BCUT2D eigenvalue weighted by Gasteiger charge is -2.00. The Bertz CT molecular complexity index is 103. The third-order valence-corrected chi connectivity index (χ3v) is 2.97. The van der Waals surface area contributed by atoms with Gasteiger partial charge in [-0.1, -0.05) is 64.7 Å². The van der Waals surface area contributed by atoms with Gasteiger partial charge in [0, 0.05) is 0 Å². The second kappa shape index (κ2) is 18.7. The molecule has 0 aromatic heterocycles. The van der Waals surface area contributed by atoms with Crippen molar-refractivity contribution >= 4 is 9.24 Å². The highest BCUT2D eigenvalue weighted by Crippen LogP contribution is 2.10. The summed E-state index contributed by atoms with van der Waals surface area (Å²) in [5.74, 6) is 0. The first-order valence-electron chi connectivity index (χ1n) is 7.46. The monoisotopic (exact) mass is 261 g/mol. The van der Waals surface area contributed by atoms with Gasteiger partial charge in [0.1, 0.15) is 0 Å². The minimum atomic E-state index is 1.29. The van der Waals surface area contributed by atoms with Gasteiger partial charge in [-0.15, -0.1) is 9.24 Å². The highest BCUT2D eigenvalue weighted by molar-refractivity contribution is 7.16. The van der Waals surface area contributed by atoms with Gasteiger partial charge in [0.2, 0.25) is 0 Å². The van der Waals surface area contributed by atoms with Gasteiger partial charge in [-0.2, -0.15) is 0 Å². The van der Waals surface area contributed by atoms with E-state index >= 15 is 0 Å². The second-order valence-electron chi connectivity index (χ2n) is 5.31. The second-order valence-corrected chi connectivity index (χ2v) is 5.89.